The van der Waals surface area contributed by atoms with Gasteiger partial charge in [0.1, 0.15) is 5.82 Å². The van der Waals surface area contributed by atoms with Gasteiger partial charge in [-0.25, -0.2) is 4.98 Å². The summed E-state index contributed by atoms with van der Waals surface area (Å²) in [5.74, 6) is 1.59. The van der Waals surface area contributed by atoms with Crippen molar-refractivity contribution in [3.8, 4) is 0 Å². The lowest BCUT2D eigenvalue weighted by molar-refractivity contribution is -0.136. The molecule has 2 aliphatic rings. The quantitative estimate of drug-likeness (QED) is 0.878. The van der Waals surface area contributed by atoms with Crippen LogP contribution in [0.4, 0.5) is 5.82 Å². The molecule has 6 nitrogen and oxygen atoms in total. The molecule has 0 radical (unpaired) electrons. The Morgan fingerprint density at radius 3 is 3.04 bits per heavy atom. The van der Waals surface area contributed by atoms with Gasteiger partial charge >= 0.3 is 0 Å². The molecule has 0 aromatic carbocycles. The fourth-order valence-electron chi connectivity index (χ4n) is 4.02. The second-order valence-electron chi connectivity index (χ2n) is 7.00. The zero-order valence-corrected chi connectivity index (χ0v) is 14.2. The molecule has 128 valence electrons. The monoisotopic (exact) mass is 327 g/mol. The minimum absolute atomic E-state index is 0.0774. The molecule has 2 fully saturated rings. The predicted octanol–water partition coefficient (Wildman–Crippen LogP) is 1.91. The molecule has 0 bridgehead atoms. The van der Waals surface area contributed by atoms with Crippen LogP contribution in [0.2, 0.25) is 0 Å². The summed E-state index contributed by atoms with van der Waals surface area (Å²) in [5.41, 5.74) is 1.35. The highest BCUT2D eigenvalue weighted by Gasteiger charge is 2.52. The molecule has 1 atom stereocenters. The highest BCUT2D eigenvalue weighted by atomic mass is 16.5. The molecular weight excluding hydrogens is 302 g/mol. The third kappa shape index (κ3) is 3.16. The van der Waals surface area contributed by atoms with Crippen LogP contribution in [0.3, 0.4) is 0 Å². The van der Waals surface area contributed by atoms with E-state index >= 15 is 0 Å². The number of rotatable bonds is 6. The van der Waals surface area contributed by atoms with Crippen LogP contribution in [-0.4, -0.2) is 51.5 Å². The number of hydrogen-bond acceptors (Lipinski definition) is 5. The molecule has 0 saturated carbocycles. The Balaban J connectivity index is 1.26. The van der Waals surface area contributed by atoms with Crippen molar-refractivity contribution in [1.82, 2.24) is 19.7 Å². The summed E-state index contributed by atoms with van der Waals surface area (Å²) >= 11 is 0. The fraction of sp³-hybridized carbons (Fsp3) is 0.556. The van der Waals surface area contributed by atoms with Crippen LogP contribution in [0.1, 0.15) is 18.4 Å². The van der Waals surface area contributed by atoms with Crippen molar-refractivity contribution in [1.29, 1.82) is 0 Å². The molecule has 2 aliphatic heterocycles. The topological polar surface area (TPSA) is 55.2 Å². The lowest BCUT2D eigenvalue weighted by atomic mass is 9.79. The van der Waals surface area contributed by atoms with Crippen molar-refractivity contribution < 1.29 is 4.74 Å². The van der Waals surface area contributed by atoms with Gasteiger partial charge in [-0.15, -0.1) is 0 Å². The molecule has 24 heavy (non-hydrogen) atoms. The SMILES string of the molecule is Cn1cc(CN2CC3(C2)OCCC3CCNc2ccccn2)cn1. The molecule has 4 heterocycles. The van der Waals surface area contributed by atoms with Crippen LogP contribution in [-0.2, 0) is 18.3 Å². The summed E-state index contributed by atoms with van der Waals surface area (Å²) in [5, 5.41) is 7.67. The molecule has 6 heteroatoms. The highest BCUT2D eigenvalue weighted by Crippen LogP contribution is 2.42. The van der Waals surface area contributed by atoms with Gasteiger partial charge in [-0.1, -0.05) is 6.07 Å². The lowest BCUT2D eigenvalue weighted by Gasteiger charge is -2.50. The standard InChI is InChI=1S/C18H25N5O/c1-22-11-15(10-21-22)12-23-13-18(14-23)16(6-9-24-18)5-8-20-17-4-2-3-7-19-17/h2-4,7,10-11,16H,5-6,8-9,12-14H2,1H3,(H,19,20). The van der Waals surface area contributed by atoms with E-state index in [0.717, 1.165) is 45.0 Å². The van der Waals surface area contributed by atoms with Gasteiger partial charge in [-0.3, -0.25) is 9.58 Å². The van der Waals surface area contributed by atoms with Gasteiger partial charge in [-0.05, 0) is 30.9 Å². The number of nitrogens with one attached hydrogen (secondary N) is 1. The molecule has 2 aromatic heterocycles. The van der Waals surface area contributed by atoms with Gasteiger partial charge < -0.3 is 10.1 Å². The molecule has 2 saturated heterocycles. The molecule has 2 aromatic rings. The van der Waals surface area contributed by atoms with E-state index in [1.807, 2.05) is 42.3 Å². The number of aryl methyl sites for hydroxylation is 1. The number of likely N-dealkylation sites (tertiary alicyclic amines) is 1. The molecule has 1 spiro atoms. The van der Waals surface area contributed by atoms with E-state index in [1.54, 1.807) is 0 Å². The van der Waals surface area contributed by atoms with Gasteiger partial charge in [0.25, 0.3) is 0 Å². The third-order valence-corrected chi connectivity index (χ3v) is 5.21. The minimum atomic E-state index is 0.0774. The van der Waals surface area contributed by atoms with Gasteiger partial charge in [0.2, 0.25) is 0 Å². The Hall–Kier alpha value is -1.92. The van der Waals surface area contributed by atoms with Crippen LogP contribution < -0.4 is 5.32 Å². The normalized spacial score (nSPS) is 22.6. The minimum Gasteiger partial charge on any atom is -0.372 e. The highest BCUT2D eigenvalue weighted by molar-refractivity contribution is 5.32. The summed E-state index contributed by atoms with van der Waals surface area (Å²) in [7, 11) is 1.96. The van der Waals surface area contributed by atoms with E-state index in [9.17, 15) is 0 Å². The van der Waals surface area contributed by atoms with Crippen molar-refractivity contribution in [2.75, 3.05) is 31.6 Å². The van der Waals surface area contributed by atoms with E-state index < -0.39 is 0 Å². The smallest absolute Gasteiger partial charge is 0.125 e. The van der Waals surface area contributed by atoms with Crippen LogP contribution in [0.25, 0.3) is 0 Å². The molecule has 0 amide bonds. The molecular formula is C18H25N5O. The van der Waals surface area contributed by atoms with Crippen molar-refractivity contribution in [3.05, 3.63) is 42.4 Å². The van der Waals surface area contributed by atoms with Crippen LogP contribution in [0.5, 0.6) is 0 Å². The fourth-order valence-corrected chi connectivity index (χ4v) is 4.02. The van der Waals surface area contributed by atoms with Gasteiger partial charge in [0, 0.05) is 57.8 Å². The Kier molecular flexibility index (Phi) is 4.24. The van der Waals surface area contributed by atoms with Crippen molar-refractivity contribution in [3.63, 3.8) is 0 Å². The van der Waals surface area contributed by atoms with Crippen LogP contribution >= 0.6 is 0 Å². The summed E-state index contributed by atoms with van der Waals surface area (Å²) in [6.07, 6.45) is 8.18. The first-order valence-corrected chi connectivity index (χ1v) is 8.72. The first kappa shape index (κ1) is 15.6. The maximum absolute atomic E-state index is 6.16. The van der Waals surface area contributed by atoms with E-state index in [0.29, 0.717) is 5.92 Å². The summed E-state index contributed by atoms with van der Waals surface area (Å²) in [6, 6.07) is 5.97. The second-order valence-corrected chi connectivity index (χ2v) is 7.00. The number of ether oxygens (including phenoxy) is 1. The maximum atomic E-state index is 6.16. The zero-order valence-electron chi connectivity index (χ0n) is 14.2. The first-order valence-electron chi connectivity index (χ1n) is 8.72. The van der Waals surface area contributed by atoms with Crippen molar-refractivity contribution in [2.45, 2.75) is 25.0 Å². The number of pyridine rings is 1. The summed E-state index contributed by atoms with van der Waals surface area (Å²) in [4.78, 5) is 6.78. The Morgan fingerprint density at radius 1 is 1.38 bits per heavy atom. The number of hydrogen-bond donors (Lipinski definition) is 1. The maximum Gasteiger partial charge on any atom is 0.125 e. The summed E-state index contributed by atoms with van der Waals surface area (Å²) in [6.45, 7) is 4.90. The number of nitrogens with zero attached hydrogens (tertiary/aromatic N) is 4. The van der Waals surface area contributed by atoms with E-state index in [2.05, 4.69) is 26.5 Å². The molecule has 1 unspecified atom stereocenters. The van der Waals surface area contributed by atoms with Crippen molar-refractivity contribution in [2.24, 2.45) is 13.0 Å². The summed E-state index contributed by atoms with van der Waals surface area (Å²) < 4.78 is 8.02. The molecule has 0 aliphatic carbocycles. The van der Waals surface area contributed by atoms with Gasteiger partial charge in [-0.2, -0.15) is 5.10 Å². The zero-order chi connectivity index (χ0) is 16.4. The lowest BCUT2D eigenvalue weighted by Crippen LogP contribution is -2.64. The van der Waals surface area contributed by atoms with E-state index in [4.69, 9.17) is 4.74 Å². The second kappa shape index (κ2) is 6.53. The van der Waals surface area contributed by atoms with E-state index in [1.165, 1.54) is 12.0 Å². The van der Waals surface area contributed by atoms with Gasteiger partial charge in [0.15, 0.2) is 0 Å². The Bertz CT molecular complexity index is 665. The largest absolute Gasteiger partial charge is 0.372 e. The van der Waals surface area contributed by atoms with Crippen LogP contribution in [0.15, 0.2) is 36.8 Å². The average Bonchev–Trinajstić information content (AvgIpc) is 3.15. The Labute approximate surface area is 142 Å². The average molecular weight is 327 g/mol. The predicted molar refractivity (Wildman–Crippen MR) is 92.6 cm³/mol. The van der Waals surface area contributed by atoms with Crippen molar-refractivity contribution >= 4 is 5.82 Å². The van der Waals surface area contributed by atoms with Crippen LogP contribution in [0, 0.1) is 5.92 Å². The molecule has 4 rings (SSSR count). The number of aromatic nitrogens is 3. The number of anilines is 1. The third-order valence-electron chi connectivity index (χ3n) is 5.21. The first-order chi connectivity index (χ1) is 11.7. The molecule has 1 N–H and O–H groups in total. The Morgan fingerprint density at radius 2 is 2.29 bits per heavy atom. The van der Waals surface area contributed by atoms with Gasteiger partial charge in [0.05, 0.1) is 11.8 Å². The van der Waals surface area contributed by atoms with E-state index in [-0.39, 0.29) is 5.60 Å².